The number of carbonyl (C=O) groups excluding carboxylic acids is 1. The molecule has 1 aromatic carbocycles. The van der Waals surface area contributed by atoms with Crippen LogP contribution in [0.2, 0.25) is 0 Å². The number of methoxy groups -OCH3 is 1. The van der Waals surface area contributed by atoms with E-state index in [1.165, 1.54) is 5.69 Å². The van der Waals surface area contributed by atoms with Gasteiger partial charge in [0.2, 0.25) is 0 Å². The van der Waals surface area contributed by atoms with Gasteiger partial charge < -0.3 is 9.30 Å². The van der Waals surface area contributed by atoms with Crippen LogP contribution in [0.1, 0.15) is 41.2 Å². The monoisotopic (exact) mass is 327 g/mol. The van der Waals surface area contributed by atoms with Crippen LogP contribution in [-0.2, 0) is 6.54 Å². The molecule has 1 N–H and O–H groups in total. The topological polar surface area (TPSA) is 55.6 Å². The number of amides is 1. The fourth-order valence-corrected chi connectivity index (χ4v) is 2.57. The lowest BCUT2D eigenvalue weighted by atomic mass is 10.2. The lowest BCUT2D eigenvalue weighted by Gasteiger charge is -2.11. The first-order chi connectivity index (χ1) is 11.4. The molecule has 2 rings (SSSR count). The van der Waals surface area contributed by atoms with Gasteiger partial charge >= 0.3 is 0 Å². The van der Waals surface area contributed by atoms with E-state index in [-0.39, 0.29) is 5.91 Å². The number of rotatable bonds is 6. The molecule has 24 heavy (non-hydrogen) atoms. The van der Waals surface area contributed by atoms with Crippen molar-refractivity contribution < 1.29 is 9.53 Å². The van der Waals surface area contributed by atoms with Crippen LogP contribution in [0.5, 0.6) is 5.75 Å². The van der Waals surface area contributed by atoms with E-state index in [0.29, 0.717) is 17.2 Å². The summed E-state index contributed by atoms with van der Waals surface area (Å²) in [5.41, 5.74) is 6.47. The van der Waals surface area contributed by atoms with Gasteiger partial charge in [0.1, 0.15) is 5.75 Å². The lowest BCUT2D eigenvalue weighted by molar-refractivity contribution is 0.0955. The number of benzene rings is 1. The Morgan fingerprint density at radius 2 is 1.96 bits per heavy atom. The number of carbonyl (C=O) groups is 1. The Kier molecular flexibility index (Phi) is 5.79. The van der Waals surface area contributed by atoms with Crippen LogP contribution < -0.4 is 10.2 Å². The second kappa shape index (κ2) is 7.81. The number of hydrogen-bond acceptors (Lipinski definition) is 3. The van der Waals surface area contributed by atoms with E-state index in [1.807, 2.05) is 0 Å². The summed E-state index contributed by atoms with van der Waals surface area (Å²) < 4.78 is 7.35. The molecule has 0 radical (unpaired) electrons. The average Bonchev–Trinajstić information content (AvgIpc) is 2.82. The van der Waals surface area contributed by atoms with Crippen LogP contribution in [0.25, 0.3) is 0 Å². The minimum atomic E-state index is -0.245. The van der Waals surface area contributed by atoms with Crippen molar-refractivity contribution in [2.24, 2.45) is 11.0 Å². The predicted octanol–water partition coefficient (Wildman–Crippen LogP) is 3.53. The van der Waals surface area contributed by atoms with Crippen LogP contribution in [0.3, 0.4) is 0 Å². The van der Waals surface area contributed by atoms with Gasteiger partial charge in [0, 0.05) is 29.1 Å². The third-order valence-electron chi connectivity index (χ3n) is 3.88. The van der Waals surface area contributed by atoms with E-state index in [0.717, 1.165) is 17.8 Å². The van der Waals surface area contributed by atoms with E-state index >= 15 is 0 Å². The Morgan fingerprint density at radius 3 is 2.54 bits per heavy atom. The second-order valence-electron chi connectivity index (χ2n) is 6.26. The van der Waals surface area contributed by atoms with Crippen molar-refractivity contribution in [2.75, 3.05) is 7.11 Å². The zero-order valence-corrected chi connectivity index (χ0v) is 15.0. The molecule has 0 saturated heterocycles. The number of nitrogens with one attached hydrogen (secondary N) is 1. The molecule has 0 aliphatic heterocycles. The Labute approximate surface area is 143 Å². The van der Waals surface area contributed by atoms with Gasteiger partial charge in [-0.15, -0.1) is 0 Å². The quantitative estimate of drug-likeness (QED) is 0.652. The highest BCUT2D eigenvalue weighted by atomic mass is 16.5. The Morgan fingerprint density at radius 1 is 1.29 bits per heavy atom. The maximum atomic E-state index is 12.1. The van der Waals surface area contributed by atoms with Crippen LogP contribution in [0.15, 0.2) is 35.4 Å². The molecule has 0 fully saturated rings. The van der Waals surface area contributed by atoms with Gasteiger partial charge in [-0.2, -0.15) is 5.10 Å². The zero-order chi connectivity index (χ0) is 17.7. The molecule has 0 bridgehead atoms. The van der Waals surface area contributed by atoms with Crippen LogP contribution in [-0.4, -0.2) is 23.8 Å². The van der Waals surface area contributed by atoms with Crippen molar-refractivity contribution in [3.8, 4) is 5.75 Å². The normalized spacial score (nSPS) is 11.2. The summed E-state index contributed by atoms with van der Waals surface area (Å²) in [6, 6.07) is 8.99. The predicted molar refractivity (Wildman–Crippen MR) is 96.8 cm³/mol. The third kappa shape index (κ3) is 4.25. The maximum Gasteiger partial charge on any atom is 0.271 e. The Balaban J connectivity index is 2.04. The molecule has 0 saturated carbocycles. The molecule has 1 amide bonds. The van der Waals surface area contributed by atoms with Gasteiger partial charge in [-0.1, -0.05) is 13.8 Å². The molecule has 1 aromatic heterocycles. The fourth-order valence-electron chi connectivity index (χ4n) is 2.57. The first-order valence-corrected chi connectivity index (χ1v) is 8.06. The van der Waals surface area contributed by atoms with Gasteiger partial charge in [0.15, 0.2) is 0 Å². The smallest absolute Gasteiger partial charge is 0.271 e. The number of aryl methyl sites for hydroxylation is 1. The van der Waals surface area contributed by atoms with Crippen molar-refractivity contribution in [3.63, 3.8) is 0 Å². The van der Waals surface area contributed by atoms with Crippen molar-refractivity contribution in [3.05, 3.63) is 52.8 Å². The number of hydrazone groups is 1. The van der Waals surface area contributed by atoms with Gasteiger partial charge in [-0.3, -0.25) is 4.79 Å². The van der Waals surface area contributed by atoms with Gasteiger partial charge in [0.25, 0.3) is 5.91 Å². The van der Waals surface area contributed by atoms with E-state index < -0.39 is 0 Å². The summed E-state index contributed by atoms with van der Waals surface area (Å²) in [6.07, 6.45) is 1.70. The number of ether oxygens (including phenoxy) is 1. The Hall–Kier alpha value is -2.56. The highest BCUT2D eigenvalue weighted by Gasteiger charge is 2.09. The van der Waals surface area contributed by atoms with Gasteiger partial charge in [-0.25, -0.2) is 5.43 Å². The van der Waals surface area contributed by atoms with Crippen LogP contribution >= 0.6 is 0 Å². The van der Waals surface area contributed by atoms with Gasteiger partial charge in [-0.05, 0) is 50.1 Å². The molecule has 5 nitrogen and oxygen atoms in total. The lowest BCUT2D eigenvalue weighted by Crippen LogP contribution is -2.17. The minimum absolute atomic E-state index is 0.245. The summed E-state index contributed by atoms with van der Waals surface area (Å²) >= 11 is 0. The molecule has 0 aliphatic rings. The van der Waals surface area contributed by atoms with Crippen molar-refractivity contribution in [2.45, 2.75) is 34.2 Å². The van der Waals surface area contributed by atoms with Crippen LogP contribution in [0.4, 0.5) is 0 Å². The molecule has 2 aromatic rings. The highest BCUT2D eigenvalue weighted by molar-refractivity contribution is 5.95. The standard InChI is InChI=1S/C19H25N3O2/c1-13(2)12-22-14(3)10-17(15(22)4)11-20-21-19(23)16-6-8-18(24-5)9-7-16/h6-11,13H,12H2,1-5H3,(H,21,23)/b20-11-. The summed E-state index contributed by atoms with van der Waals surface area (Å²) in [5.74, 6) is 1.05. The third-order valence-corrected chi connectivity index (χ3v) is 3.88. The zero-order valence-electron chi connectivity index (χ0n) is 15.0. The summed E-state index contributed by atoms with van der Waals surface area (Å²) in [6.45, 7) is 9.53. The Bertz CT molecular complexity index is 728. The molecule has 5 heteroatoms. The summed E-state index contributed by atoms with van der Waals surface area (Å²) in [7, 11) is 1.59. The average molecular weight is 327 g/mol. The first kappa shape index (κ1) is 17.8. The largest absolute Gasteiger partial charge is 0.497 e. The summed E-state index contributed by atoms with van der Waals surface area (Å²) in [5, 5.41) is 4.09. The van der Waals surface area contributed by atoms with Crippen molar-refractivity contribution in [1.82, 2.24) is 9.99 Å². The molecular formula is C19H25N3O2. The number of nitrogens with zero attached hydrogens (tertiary/aromatic N) is 2. The maximum absolute atomic E-state index is 12.1. The molecule has 1 heterocycles. The first-order valence-electron chi connectivity index (χ1n) is 8.06. The number of aromatic nitrogens is 1. The van der Waals surface area contributed by atoms with Crippen molar-refractivity contribution >= 4 is 12.1 Å². The minimum Gasteiger partial charge on any atom is -0.497 e. The SMILES string of the molecule is COc1ccc(C(=O)N/N=C\c2cc(C)n(CC(C)C)c2C)cc1. The van der Waals surface area contributed by atoms with E-state index in [1.54, 1.807) is 37.6 Å². The fraction of sp³-hybridized carbons (Fsp3) is 0.368. The van der Waals surface area contributed by atoms with Gasteiger partial charge in [0.05, 0.1) is 13.3 Å². The van der Waals surface area contributed by atoms with E-state index in [9.17, 15) is 4.79 Å². The molecule has 0 spiro atoms. The van der Waals surface area contributed by atoms with E-state index in [4.69, 9.17) is 4.74 Å². The second-order valence-corrected chi connectivity index (χ2v) is 6.26. The highest BCUT2D eigenvalue weighted by Crippen LogP contribution is 2.15. The number of hydrogen-bond donors (Lipinski definition) is 1. The molecule has 0 aliphatic carbocycles. The molecule has 0 atom stereocenters. The molecule has 0 unspecified atom stereocenters. The molecule has 128 valence electrons. The van der Waals surface area contributed by atoms with Crippen LogP contribution in [0, 0.1) is 19.8 Å². The summed E-state index contributed by atoms with van der Waals surface area (Å²) in [4.78, 5) is 12.1. The van der Waals surface area contributed by atoms with E-state index in [2.05, 4.69) is 48.9 Å². The van der Waals surface area contributed by atoms with Crippen molar-refractivity contribution in [1.29, 1.82) is 0 Å². The molecular weight excluding hydrogens is 302 g/mol.